The van der Waals surface area contributed by atoms with E-state index in [1.54, 1.807) is 0 Å². The van der Waals surface area contributed by atoms with Crippen molar-refractivity contribution < 1.29 is 9.90 Å². The molecule has 92 valence electrons. The van der Waals surface area contributed by atoms with Crippen LogP contribution in [0, 0.1) is 0 Å². The minimum atomic E-state index is -0.684. The molecule has 1 saturated heterocycles. The average Bonchev–Trinajstić information content (AvgIpc) is 2.74. The van der Waals surface area contributed by atoms with Gasteiger partial charge in [0.15, 0.2) is 0 Å². The van der Waals surface area contributed by atoms with Gasteiger partial charge in [-0.05, 0) is 31.5 Å². The van der Waals surface area contributed by atoms with E-state index in [2.05, 4.69) is 4.90 Å². The fraction of sp³-hybridized carbons (Fsp3) is 0.500. The molecular formula is C14H19NO2. The van der Waals surface area contributed by atoms with Gasteiger partial charge in [-0.15, -0.1) is 0 Å². The second-order valence-corrected chi connectivity index (χ2v) is 4.68. The molecule has 0 aromatic heterocycles. The third-order valence-electron chi connectivity index (χ3n) is 3.74. The van der Waals surface area contributed by atoms with Gasteiger partial charge in [0.2, 0.25) is 0 Å². The molecule has 1 aliphatic rings. The van der Waals surface area contributed by atoms with Crippen LogP contribution in [0.15, 0.2) is 30.3 Å². The van der Waals surface area contributed by atoms with Crippen molar-refractivity contribution in [1.29, 1.82) is 0 Å². The first-order valence-electron chi connectivity index (χ1n) is 6.21. The molecule has 1 fully saturated rings. The van der Waals surface area contributed by atoms with Crippen LogP contribution in [0.5, 0.6) is 0 Å². The Morgan fingerprint density at radius 1 is 1.41 bits per heavy atom. The molecule has 0 unspecified atom stereocenters. The monoisotopic (exact) mass is 233 g/mol. The number of likely N-dealkylation sites (N-methyl/N-ethyl adjacent to an activating group) is 1. The minimum absolute atomic E-state index is 0.608. The molecule has 1 heterocycles. The summed E-state index contributed by atoms with van der Waals surface area (Å²) >= 11 is 0. The van der Waals surface area contributed by atoms with Gasteiger partial charge in [-0.2, -0.15) is 0 Å². The maximum absolute atomic E-state index is 11.7. The summed E-state index contributed by atoms with van der Waals surface area (Å²) in [5, 5.41) is 9.58. The molecule has 1 aromatic carbocycles. The molecule has 0 spiro atoms. The van der Waals surface area contributed by atoms with Crippen molar-refractivity contribution >= 4 is 5.97 Å². The Bertz CT molecular complexity index is 390. The van der Waals surface area contributed by atoms with Gasteiger partial charge < -0.3 is 5.11 Å². The molecule has 1 aromatic rings. The standard InChI is InChI=1S/C14H19NO2/c1-2-15-10-6-9-14(15,13(16)17)11-12-7-4-3-5-8-12/h3-5,7-8H,2,6,9-11H2,1H3,(H,16,17)/t14-/m0/s1. The van der Waals surface area contributed by atoms with Gasteiger partial charge in [-0.3, -0.25) is 9.69 Å². The number of hydrogen-bond acceptors (Lipinski definition) is 2. The van der Waals surface area contributed by atoms with Gasteiger partial charge in [0.1, 0.15) is 5.54 Å². The molecular weight excluding hydrogens is 214 g/mol. The second-order valence-electron chi connectivity index (χ2n) is 4.68. The Labute approximate surface area is 102 Å². The van der Waals surface area contributed by atoms with E-state index in [9.17, 15) is 9.90 Å². The second kappa shape index (κ2) is 4.88. The number of aliphatic carboxylic acids is 1. The van der Waals surface area contributed by atoms with Crippen molar-refractivity contribution in [2.24, 2.45) is 0 Å². The van der Waals surface area contributed by atoms with Crippen LogP contribution in [0.25, 0.3) is 0 Å². The van der Waals surface area contributed by atoms with Crippen LogP contribution in [0.1, 0.15) is 25.3 Å². The third-order valence-corrected chi connectivity index (χ3v) is 3.74. The Morgan fingerprint density at radius 2 is 2.12 bits per heavy atom. The molecule has 0 radical (unpaired) electrons. The zero-order chi connectivity index (χ0) is 12.3. The number of carboxylic acids is 1. The fourth-order valence-electron chi connectivity index (χ4n) is 2.85. The highest BCUT2D eigenvalue weighted by atomic mass is 16.4. The molecule has 3 nitrogen and oxygen atoms in total. The number of likely N-dealkylation sites (tertiary alicyclic amines) is 1. The van der Waals surface area contributed by atoms with E-state index >= 15 is 0 Å². The highest BCUT2D eigenvalue weighted by Gasteiger charge is 2.46. The molecule has 0 bridgehead atoms. The van der Waals surface area contributed by atoms with E-state index < -0.39 is 11.5 Å². The highest BCUT2D eigenvalue weighted by molar-refractivity contribution is 5.79. The highest BCUT2D eigenvalue weighted by Crippen LogP contribution is 2.32. The zero-order valence-electron chi connectivity index (χ0n) is 10.2. The van der Waals surface area contributed by atoms with Crippen LogP contribution in [0.3, 0.4) is 0 Å². The Balaban J connectivity index is 2.26. The summed E-state index contributed by atoms with van der Waals surface area (Å²) in [6, 6.07) is 9.92. The summed E-state index contributed by atoms with van der Waals surface area (Å²) in [5.74, 6) is -0.680. The molecule has 2 rings (SSSR count). The van der Waals surface area contributed by atoms with E-state index in [4.69, 9.17) is 0 Å². The lowest BCUT2D eigenvalue weighted by molar-refractivity contribution is -0.149. The average molecular weight is 233 g/mol. The van der Waals surface area contributed by atoms with Crippen molar-refractivity contribution in [2.45, 2.75) is 31.7 Å². The molecule has 0 aliphatic carbocycles. The maximum Gasteiger partial charge on any atom is 0.324 e. The number of benzene rings is 1. The van der Waals surface area contributed by atoms with Crippen molar-refractivity contribution in [3.8, 4) is 0 Å². The lowest BCUT2D eigenvalue weighted by atomic mass is 9.88. The number of carbonyl (C=O) groups is 1. The smallest absolute Gasteiger partial charge is 0.324 e. The first-order valence-corrected chi connectivity index (χ1v) is 6.21. The summed E-state index contributed by atoms with van der Waals surface area (Å²) in [6.45, 7) is 3.74. The molecule has 1 N–H and O–H groups in total. The predicted molar refractivity (Wildman–Crippen MR) is 67.0 cm³/mol. The summed E-state index contributed by atoms with van der Waals surface area (Å²) in [4.78, 5) is 13.8. The van der Waals surface area contributed by atoms with Gasteiger partial charge in [0.25, 0.3) is 0 Å². The zero-order valence-corrected chi connectivity index (χ0v) is 10.2. The lowest BCUT2D eigenvalue weighted by Crippen LogP contribution is -2.52. The molecule has 0 saturated carbocycles. The fourth-order valence-corrected chi connectivity index (χ4v) is 2.85. The predicted octanol–water partition coefficient (Wildman–Crippen LogP) is 2.17. The van der Waals surface area contributed by atoms with Gasteiger partial charge in [-0.25, -0.2) is 0 Å². The number of carboxylic acid groups (broad SMARTS) is 1. The third kappa shape index (κ3) is 2.20. The van der Waals surface area contributed by atoms with Gasteiger partial charge >= 0.3 is 5.97 Å². The topological polar surface area (TPSA) is 40.5 Å². The number of nitrogens with zero attached hydrogens (tertiary/aromatic N) is 1. The summed E-state index contributed by atoms with van der Waals surface area (Å²) in [6.07, 6.45) is 2.34. The van der Waals surface area contributed by atoms with Crippen LogP contribution < -0.4 is 0 Å². The quantitative estimate of drug-likeness (QED) is 0.866. The Morgan fingerprint density at radius 3 is 2.71 bits per heavy atom. The largest absolute Gasteiger partial charge is 0.480 e. The molecule has 1 aliphatic heterocycles. The van der Waals surface area contributed by atoms with Crippen LogP contribution in [-0.4, -0.2) is 34.6 Å². The molecule has 3 heteroatoms. The van der Waals surface area contributed by atoms with Crippen molar-refractivity contribution in [3.05, 3.63) is 35.9 Å². The van der Waals surface area contributed by atoms with Crippen LogP contribution in [-0.2, 0) is 11.2 Å². The van der Waals surface area contributed by atoms with E-state index in [0.29, 0.717) is 6.42 Å². The van der Waals surface area contributed by atoms with E-state index in [-0.39, 0.29) is 0 Å². The van der Waals surface area contributed by atoms with Crippen LogP contribution >= 0.6 is 0 Å². The first-order chi connectivity index (χ1) is 8.19. The minimum Gasteiger partial charge on any atom is -0.480 e. The van der Waals surface area contributed by atoms with Crippen LogP contribution in [0.2, 0.25) is 0 Å². The normalized spacial score (nSPS) is 25.0. The van der Waals surface area contributed by atoms with Crippen molar-refractivity contribution in [3.63, 3.8) is 0 Å². The SMILES string of the molecule is CCN1CCC[C@]1(Cc1ccccc1)C(=O)O. The van der Waals surface area contributed by atoms with Gasteiger partial charge in [0.05, 0.1) is 0 Å². The molecule has 0 amide bonds. The van der Waals surface area contributed by atoms with Crippen molar-refractivity contribution in [2.75, 3.05) is 13.1 Å². The van der Waals surface area contributed by atoms with E-state index in [0.717, 1.165) is 31.5 Å². The Kier molecular flexibility index (Phi) is 3.48. The molecule has 1 atom stereocenters. The van der Waals surface area contributed by atoms with Crippen molar-refractivity contribution in [1.82, 2.24) is 4.90 Å². The van der Waals surface area contributed by atoms with E-state index in [1.807, 2.05) is 37.3 Å². The van der Waals surface area contributed by atoms with E-state index in [1.165, 1.54) is 0 Å². The summed E-state index contributed by atoms with van der Waals surface area (Å²) in [7, 11) is 0. The van der Waals surface area contributed by atoms with Gasteiger partial charge in [-0.1, -0.05) is 37.3 Å². The molecule has 17 heavy (non-hydrogen) atoms. The first kappa shape index (κ1) is 12.1. The number of hydrogen-bond donors (Lipinski definition) is 1. The number of rotatable bonds is 4. The summed E-state index contributed by atoms with van der Waals surface area (Å²) < 4.78 is 0. The summed E-state index contributed by atoms with van der Waals surface area (Å²) in [5.41, 5.74) is 0.422. The Hall–Kier alpha value is -1.35. The maximum atomic E-state index is 11.7. The lowest BCUT2D eigenvalue weighted by Gasteiger charge is -2.34. The van der Waals surface area contributed by atoms with Crippen LogP contribution in [0.4, 0.5) is 0 Å². The van der Waals surface area contributed by atoms with Gasteiger partial charge in [0, 0.05) is 6.42 Å².